The Morgan fingerprint density at radius 1 is 1.25 bits per heavy atom. The molecule has 0 bridgehead atoms. The first kappa shape index (κ1) is 13.0. The first-order valence-electron chi connectivity index (χ1n) is 5.76. The summed E-state index contributed by atoms with van der Waals surface area (Å²) in [4.78, 5) is 2.08. The zero-order valence-electron chi connectivity index (χ0n) is 10.3. The summed E-state index contributed by atoms with van der Waals surface area (Å²) in [6, 6.07) is 7.63. The maximum Gasteiger partial charge on any atom is 0.119 e. The van der Waals surface area contributed by atoms with Gasteiger partial charge >= 0.3 is 0 Å². The van der Waals surface area contributed by atoms with Crippen LogP contribution in [0.5, 0.6) is 5.75 Å². The average molecular weight is 223 g/mol. The van der Waals surface area contributed by atoms with Crippen LogP contribution in [0.25, 0.3) is 0 Å². The zero-order chi connectivity index (χ0) is 12.0. The van der Waals surface area contributed by atoms with Crippen LogP contribution in [0.1, 0.15) is 25.5 Å². The monoisotopic (exact) mass is 223 g/mol. The normalized spacial score (nSPS) is 12.8. The van der Waals surface area contributed by atoms with E-state index in [0.717, 1.165) is 17.9 Å². The van der Waals surface area contributed by atoms with Crippen molar-refractivity contribution in [2.75, 3.05) is 26.7 Å². The van der Waals surface area contributed by atoms with E-state index in [-0.39, 0.29) is 0 Å². The molecule has 0 amide bonds. The number of likely N-dealkylation sites (N-methyl/N-ethyl adjacent to an activating group) is 1. The number of aliphatic hydroxyl groups is 1. The molecule has 1 aromatic carbocycles. The van der Waals surface area contributed by atoms with Crippen LogP contribution >= 0.6 is 0 Å². The van der Waals surface area contributed by atoms with Crippen LogP contribution in [0.2, 0.25) is 0 Å². The third-order valence-electron chi connectivity index (χ3n) is 2.60. The van der Waals surface area contributed by atoms with Gasteiger partial charge in [-0.1, -0.05) is 19.1 Å². The van der Waals surface area contributed by atoms with E-state index in [1.54, 1.807) is 0 Å². The Hall–Kier alpha value is -1.06. The van der Waals surface area contributed by atoms with Crippen molar-refractivity contribution in [1.82, 2.24) is 4.90 Å². The van der Waals surface area contributed by atoms with Crippen LogP contribution in [0.15, 0.2) is 24.3 Å². The van der Waals surface area contributed by atoms with Crippen LogP contribution in [0.3, 0.4) is 0 Å². The number of rotatable bonds is 6. The quantitative estimate of drug-likeness (QED) is 0.801. The first-order chi connectivity index (χ1) is 7.67. The molecule has 16 heavy (non-hydrogen) atoms. The number of aliphatic hydroxyl groups excluding tert-OH is 1. The van der Waals surface area contributed by atoms with E-state index < -0.39 is 6.10 Å². The van der Waals surface area contributed by atoms with Crippen molar-refractivity contribution in [3.05, 3.63) is 29.8 Å². The minimum atomic E-state index is -0.430. The van der Waals surface area contributed by atoms with E-state index in [2.05, 4.69) is 11.8 Å². The van der Waals surface area contributed by atoms with Gasteiger partial charge in [0.2, 0.25) is 0 Å². The number of hydrogen-bond donors (Lipinski definition) is 1. The van der Waals surface area contributed by atoms with Crippen LogP contribution in [0.4, 0.5) is 0 Å². The van der Waals surface area contributed by atoms with Crippen molar-refractivity contribution >= 4 is 0 Å². The van der Waals surface area contributed by atoms with E-state index in [1.807, 2.05) is 38.2 Å². The molecule has 0 heterocycles. The van der Waals surface area contributed by atoms with E-state index in [4.69, 9.17) is 4.74 Å². The molecule has 0 fully saturated rings. The van der Waals surface area contributed by atoms with Crippen LogP contribution in [-0.4, -0.2) is 36.8 Å². The summed E-state index contributed by atoms with van der Waals surface area (Å²) < 4.78 is 5.35. The van der Waals surface area contributed by atoms with Crippen molar-refractivity contribution in [2.45, 2.75) is 20.0 Å². The second kappa shape index (κ2) is 6.51. The van der Waals surface area contributed by atoms with Gasteiger partial charge in [0.25, 0.3) is 0 Å². The predicted octanol–water partition coefficient (Wildman–Crippen LogP) is 2.07. The molecule has 3 nitrogen and oxygen atoms in total. The highest BCUT2D eigenvalue weighted by molar-refractivity contribution is 5.28. The second-order valence-electron chi connectivity index (χ2n) is 3.87. The molecule has 1 unspecified atom stereocenters. The second-order valence-corrected chi connectivity index (χ2v) is 3.87. The molecule has 0 saturated carbocycles. The highest BCUT2D eigenvalue weighted by Crippen LogP contribution is 2.18. The van der Waals surface area contributed by atoms with Crippen molar-refractivity contribution < 1.29 is 9.84 Å². The van der Waals surface area contributed by atoms with Crippen molar-refractivity contribution in [2.24, 2.45) is 0 Å². The number of nitrogens with zero attached hydrogens (tertiary/aromatic N) is 1. The summed E-state index contributed by atoms with van der Waals surface area (Å²) in [5, 5.41) is 9.96. The lowest BCUT2D eigenvalue weighted by atomic mass is 10.1. The Kier molecular flexibility index (Phi) is 5.29. The van der Waals surface area contributed by atoms with Gasteiger partial charge in [-0.25, -0.2) is 0 Å². The molecule has 1 aromatic rings. The van der Waals surface area contributed by atoms with Gasteiger partial charge < -0.3 is 14.7 Å². The molecule has 0 aromatic heterocycles. The Bertz CT molecular complexity index is 297. The Balaban J connectivity index is 2.59. The summed E-state index contributed by atoms with van der Waals surface area (Å²) in [7, 11) is 2.00. The van der Waals surface area contributed by atoms with E-state index >= 15 is 0 Å². The summed E-state index contributed by atoms with van der Waals surface area (Å²) in [6.07, 6.45) is -0.430. The van der Waals surface area contributed by atoms with Crippen LogP contribution in [0, 0.1) is 0 Å². The minimum absolute atomic E-state index is 0.430. The third kappa shape index (κ3) is 3.83. The molecule has 0 aliphatic carbocycles. The lowest BCUT2D eigenvalue weighted by Gasteiger charge is -2.19. The largest absolute Gasteiger partial charge is 0.494 e. The third-order valence-corrected chi connectivity index (χ3v) is 2.60. The van der Waals surface area contributed by atoms with Crippen LogP contribution < -0.4 is 4.74 Å². The molecule has 1 rings (SSSR count). The fraction of sp³-hybridized carbons (Fsp3) is 0.538. The molecule has 3 heteroatoms. The van der Waals surface area contributed by atoms with Gasteiger partial charge in [0.1, 0.15) is 5.75 Å². The van der Waals surface area contributed by atoms with Gasteiger partial charge in [0.05, 0.1) is 12.7 Å². The molecular weight excluding hydrogens is 202 g/mol. The Morgan fingerprint density at radius 2 is 1.88 bits per heavy atom. The number of benzene rings is 1. The molecule has 0 aliphatic rings. The SMILES string of the molecule is CCOc1ccc(C(O)CN(C)CC)cc1. The predicted molar refractivity (Wildman–Crippen MR) is 65.7 cm³/mol. The first-order valence-corrected chi connectivity index (χ1v) is 5.76. The summed E-state index contributed by atoms with van der Waals surface area (Å²) in [5.41, 5.74) is 0.934. The number of hydrogen-bond acceptors (Lipinski definition) is 3. The summed E-state index contributed by atoms with van der Waals surface area (Å²) in [6.45, 7) is 6.29. The van der Waals surface area contributed by atoms with Gasteiger partial charge in [-0.3, -0.25) is 0 Å². The van der Waals surface area contributed by atoms with Gasteiger partial charge in [0.15, 0.2) is 0 Å². The molecule has 0 spiro atoms. The molecule has 90 valence electrons. The maximum atomic E-state index is 9.96. The molecule has 0 saturated heterocycles. The highest BCUT2D eigenvalue weighted by atomic mass is 16.5. The standard InChI is InChI=1S/C13H21NO2/c1-4-14(3)10-13(15)11-6-8-12(9-7-11)16-5-2/h6-9,13,15H,4-5,10H2,1-3H3. The molecule has 1 N–H and O–H groups in total. The van der Waals surface area contributed by atoms with Gasteiger partial charge in [0, 0.05) is 6.54 Å². The van der Waals surface area contributed by atoms with Crippen LogP contribution in [-0.2, 0) is 0 Å². The Morgan fingerprint density at radius 3 is 2.38 bits per heavy atom. The maximum absolute atomic E-state index is 9.96. The smallest absolute Gasteiger partial charge is 0.119 e. The highest BCUT2D eigenvalue weighted by Gasteiger charge is 2.09. The summed E-state index contributed by atoms with van der Waals surface area (Å²) in [5.74, 6) is 0.849. The fourth-order valence-corrected chi connectivity index (χ4v) is 1.48. The van der Waals surface area contributed by atoms with Crippen molar-refractivity contribution in [1.29, 1.82) is 0 Å². The van der Waals surface area contributed by atoms with Gasteiger partial charge in [-0.15, -0.1) is 0 Å². The lowest BCUT2D eigenvalue weighted by molar-refractivity contribution is 0.129. The average Bonchev–Trinajstić information content (AvgIpc) is 2.30. The molecule has 0 radical (unpaired) electrons. The fourth-order valence-electron chi connectivity index (χ4n) is 1.48. The van der Waals surface area contributed by atoms with Gasteiger partial charge in [-0.2, -0.15) is 0 Å². The molecule has 0 aliphatic heterocycles. The topological polar surface area (TPSA) is 32.7 Å². The van der Waals surface area contributed by atoms with Crippen molar-refractivity contribution in [3.8, 4) is 5.75 Å². The van der Waals surface area contributed by atoms with Crippen molar-refractivity contribution in [3.63, 3.8) is 0 Å². The van der Waals surface area contributed by atoms with E-state index in [1.165, 1.54) is 0 Å². The number of ether oxygens (including phenoxy) is 1. The Labute approximate surface area is 97.7 Å². The minimum Gasteiger partial charge on any atom is -0.494 e. The molecular formula is C13H21NO2. The molecule has 1 atom stereocenters. The lowest BCUT2D eigenvalue weighted by Crippen LogP contribution is -2.24. The van der Waals surface area contributed by atoms with E-state index in [9.17, 15) is 5.11 Å². The van der Waals surface area contributed by atoms with Gasteiger partial charge in [-0.05, 0) is 38.2 Å². The van der Waals surface area contributed by atoms with E-state index in [0.29, 0.717) is 13.2 Å². The summed E-state index contributed by atoms with van der Waals surface area (Å²) >= 11 is 0. The zero-order valence-corrected chi connectivity index (χ0v) is 10.3.